The molecule has 26 heavy (non-hydrogen) atoms. The summed E-state index contributed by atoms with van der Waals surface area (Å²) in [6, 6.07) is 9.26. The summed E-state index contributed by atoms with van der Waals surface area (Å²) in [7, 11) is 0. The van der Waals surface area contributed by atoms with Crippen LogP contribution in [0.2, 0.25) is 5.02 Å². The summed E-state index contributed by atoms with van der Waals surface area (Å²) < 4.78 is 4.95. The number of piperidine rings is 1. The Morgan fingerprint density at radius 1 is 1.31 bits per heavy atom. The highest BCUT2D eigenvalue weighted by atomic mass is 35.5. The van der Waals surface area contributed by atoms with Crippen LogP contribution < -0.4 is 5.32 Å². The number of halogens is 1. The Labute approximate surface area is 157 Å². The van der Waals surface area contributed by atoms with Crippen molar-refractivity contribution >= 4 is 29.2 Å². The fourth-order valence-corrected chi connectivity index (χ4v) is 3.38. The average Bonchev–Trinajstić information content (AvgIpc) is 3.05. The lowest BCUT2D eigenvalue weighted by molar-refractivity contribution is -0.134. The van der Waals surface area contributed by atoms with Gasteiger partial charge in [-0.1, -0.05) is 35.0 Å². The molecule has 1 aliphatic heterocycles. The summed E-state index contributed by atoms with van der Waals surface area (Å²) in [5.41, 5.74) is 0.986. The fourth-order valence-electron chi connectivity index (χ4n) is 3.15. The molecule has 2 amide bonds. The molecule has 0 bridgehead atoms. The molecule has 2 aromatic rings. The molecule has 2 heterocycles. The number of carbonyl (C=O) groups is 2. The van der Waals surface area contributed by atoms with Gasteiger partial charge < -0.3 is 14.7 Å². The van der Waals surface area contributed by atoms with E-state index in [0.29, 0.717) is 55.4 Å². The molecule has 3 rings (SSSR count). The zero-order valence-electron chi connectivity index (χ0n) is 14.7. The largest absolute Gasteiger partial charge is 0.360 e. The van der Waals surface area contributed by atoms with Crippen molar-refractivity contribution in [3.05, 3.63) is 46.7 Å². The molecule has 138 valence electrons. The van der Waals surface area contributed by atoms with Crippen LogP contribution in [0, 0.1) is 12.8 Å². The quantitative estimate of drug-likeness (QED) is 0.868. The molecule has 1 aromatic carbocycles. The van der Waals surface area contributed by atoms with Gasteiger partial charge in [-0.25, -0.2) is 0 Å². The number of nitrogens with zero attached hydrogens (tertiary/aromatic N) is 2. The smallest absolute Gasteiger partial charge is 0.228 e. The van der Waals surface area contributed by atoms with Crippen molar-refractivity contribution in [3.63, 3.8) is 0 Å². The van der Waals surface area contributed by atoms with E-state index < -0.39 is 0 Å². The first-order chi connectivity index (χ1) is 12.5. The predicted octanol–water partition coefficient (Wildman–Crippen LogP) is 3.45. The van der Waals surface area contributed by atoms with Crippen LogP contribution in [0.1, 0.15) is 30.6 Å². The summed E-state index contributed by atoms with van der Waals surface area (Å²) in [5, 5.41) is 7.23. The SMILES string of the molecule is Cc1cc(NC(=O)C2CCN(C(=O)CCc3ccccc3Cl)CC2)no1. The highest BCUT2D eigenvalue weighted by Gasteiger charge is 2.27. The number of hydrogen-bond acceptors (Lipinski definition) is 4. The normalized spacial score (nSPS) is 15.1. The first-order valence-corrected chi connectivity index (χ1v) is 9.16. The predicted molar refractivity (Wildman–Crippen MR) is 98.9 cm³/mol. The Morgan fingerprint density at radius 3 is 2.69 bits per heavy atom. The summed E-state index contributed by atoms with van der Waals surface area (Å²) in [5.74, 6) is 1.02. The van der Waals surface area contributed by atoms with Crippen molar-refractivity contribution in [1.82, 2.24) is 10.1 Å². The number of nitrogens with one attached hydrogen (secondary N) is 1. The number of hydrogen-bond donors (Lipinski definition) is 1. The molecule has 0 spiro atoms. The summed E-state index contributed by atoms with van der Waals surface area (Å²) in [6.07, 6.45) is 2.37. The maximum Gasteiger partial charge on any atom is 0.228 e. The van der Waals surface area contributed by atoms with Gasteiger partial charge in [0.15, 0.2) is 5.82 Å². The summed E-state index contributed by atoms with van der Waals surface area (Å²) >= 11 is 6.13. The third-order valence-electron chi connectivity index (χ3n) is 4.66. The summed E-state index contributed by atoms with van der Waals surface area (Å²) in [6.45, 7) is 2.96. The molecule has 1 saturated heterocycles. The van der Waals surface area contributed by atoms with Gasteiger partial charge in [0.05, 0.1) is 0 Å². The van der Waals surface area contributed by atoms with Crippen LogP contribution in [0.5, 0.6) is 0 Å². The molecule has 0 aliphatic carbocycles. The lowest BCUT2D eigenvalue weighted by Crippen LogP contribution is -2.41. The van der Waals surface area contributed by atoms with Crippen molar-refractivity contribution < 1.29 is 14.1 Å². The van der Waals surface area contributed by atoms with Crippen LogP contribution in [0.15, 0.2) is 34.9 Å². The van der Waals surface area contributed by atoms with Gasteiger partial charge >= 0.3 is 0 Å². The van der Waals surface area contributed by atoms with E-state index in [-0.39, 0.29) is 17.7 Å². The maximum absolute atomic E-state index is 12.4. The average molecular weight is 376 g/mol. The van der Waals surface area contributed by atoms with Crippen LogP contribution in [0.4, 0.5) is 5.82 Å². The number of carbonyl (C=O) groups excluding carboxylic acids is 2. The molecule has 0 atom stereocenters. The minimum atomic E-state index is -0.111. The number of benzene rings is 1. The highest BCUT2D eigenvalue weighted by molar-refractivity contribution is 6.31. The molecule has 0 unspecified atom stereocenters. The van der Waals surface area contributed by atoms with Crippen LogP contribution in [0.3, 0.4) is 0 Å². The van der Waals surface area contributed by atoms with Crippen LogP contribution in [-0.2, 0) is 16.0 Å². The maximum atomic E-state index is 12.4. The van der Waals surface area contributed by atoms with E-state index in [2.05, 4.69) is 10.5 Å². The first-order valence-electron chi connectivity index (χ1n) is 8.78. The van der Waals surface area contributed by atoms with Gasteiger partial charge in [-0.3, -0.25) is 9.59 Å². The number of amides is 2. The van der Waals surface area contributed by atoms with E-state index in [1.54, 1.807) is 13.0 Å². The second-order valence-corrected chi connectivity index (χ2v) is 6.97. The number of aromatic nitrogens is 1. The van der Waals surface area contributed by atoms with E-state index in [1.807, 2.05) is 29.2 Å². The Morgan fingerprint density at radius 2 is 2.04 bits per heavy atom. The molecule has 7 heteroatoms. The standard InChI is InChI=1S/C19H22ClN3O3/c1-13-12-17(22-26-13)21-19(25)15-8-10-23(11-9-15)18(24)7-6-14-4-2-3-5-16(14)20/h2-5,12,15H,6-11H2,1H3,(H,21,22,25). The molecular weight excluding hydrogens is 354 g/mol. The van der Waals surface area contributed by atoms with Crippen molar-refractivity contribution in [2.75, 3.05) is 18.4 Å². The van der Waals surface area contributed by atoms with Gasteiger partial charge in [0.1, 0.15) is 5.76 Å². The molecule has 6 nitrogen and oxygen atoms in total. The minimum absolute atomic E-state index is 0.0681. The Balaban J connectivity index is 1.44. The van der Waals surface area contributed by atoms with Crippen molar-refractivity contribution in [3.8, 4) is 0 Å². The topological polar surface area (TPSA) is 75.4 Å². The van der Waals surface area contributed by atoms with Crippen LogP contribution in [0.25, 0.3) is 0 Å². The van der Waals surface area contributed by atoms with Gasteiger partial charge in [-0.15, -0.1) is 0 Å². The molecule has 0 radical (unpaired) electrons. The highest BCUT2D eigenvalue weighted by Crippen LogP contribution is 2.21. The Hall–Kier alpha value is -2.34. The second kappa shape index (κ2) is 8.36. The van der Waals surface area contributed by atoms with Gasteiger partial charge in [-0.2, -0.15) is 0 Å². The zero-order chi connectivity index (χ0) is 18.5. The molecule has 1 fully saturated rings. The van der Waals surface area contributed by atoms with Crippen molar-refractivity contribution in [2.45, 2.75) is 32.6 Å². The third kappa shape index (κ3) is 4.64. The number of anilines is 1. The summed E-state index contributed by atoms with van der Waals surface area (Å²) in [4.78, 5) is 26.5. The van der Waals surface area contributed by atoms with Gasteiger partial charge in [0.25, 0.3) is 0 Å². The first kappa shape index (κ1) is 18.5. The number of aryl methyl sites for hydroxylation is 2. The van der Waals surface area contributed by atoms with Gasteiger partial charge in [-0.05, 0) is 37.8 Å². The van der Waals surface area contributed by atoms with Gasteiger partial charge in [0, 0.05) is 36.5 Å². The lowest BCUT2D eigenvalue weighted by Gasteiger charge is -2.31. The van der Waals surface area contributed by atoms with Crippen molar-refractivity contribution in [1.29, 1.82) is 0 Å². The van der Waals surface area contributed by atoms with E-state index in [1.165, 1.54) is 0 Å². The molecular formula is C19H22ClN3O3. The third-order valence-corrected chi connectivity index (χ3v) is 5.03. The Kier molecular flexibility index (Phi) is 5.93. The number of rotatable bonds is 5. The van der Waals surface area contributed by atoms with E-state index in [9.17, 15) is 9.59 Å². The van der Waals surface area contributed by atoms with Crippen LogP contribution >= 0.6 is 11.6 Å². The monoisotopic (exact) mass is 375 g/mol. The zero-order valence-corrected chi connectivity index (χ0v) is 15.5. The minimum Gasteiger partial charge on any atom is -0.360 e. The van der Waals surface area contributed by atoms with E-state index in [0.717, 1.165) is 5.56 Å². The van der Waals surface area contributed by atoms with E-state index in [4.69, 9.17) is 16.1 Å². The van der Waals surface area contributed by atoms with Crippen LogP contribution in [-0.4, -0.2) is 35.0 Å². The lowest BCUT2D eigenvalue weighted by atomic mass is 9.95. The Bertz CT molecular complexity index is 782. The van der Waals surface area contributed by atoms with Crippen molar-refractivity contribution in [2.24, 2.45) is 5.92 Å². The molecule has 1 N–H and O–H groups in total. The second-order valence-electron chi connectivity index (χ2n) is 6.56. The molecule has 1 aromatic heterocycles. The molecule has 0 saturated carbocycles. The van der Waals surface area contributed by atoms with E-state index >= 15 is 0 Å². The molecule has 1 aliphatic rings. The fraction of sp³-hybridized carbons (Fsp3) is 0.421. The van der Waals surface area contributed by atoms with Gasteiger partial charge in [0.2, 0.25) is 11.8 Å². The number of likely N-dealkylation sites (tertiary alicyclic amines) is 1.